The number of fused-ring (bicyclic) bond motifs is 8. The number of piperidine rings is 2. The van der Waals surface area contributed by atoms with E-state index in [-0.39, 0.29) is 34.7 Å². The average Bonchev–Trinajstić information content (AvgIpc) is 2.88. The molecule has 36 heavy (non-hydrogen) atoms. The normalized spacial score (nSPS) is 28.0. The lowest BCUT2D eigenvalue weighted by Crippen LogP contribution is -2.74. The van der Waals surface area contributed by atoms with E-state index in [1.165, 1.54) is 24.3 Å². The van der Waals surface area contributed by atoms with Crippen LogP contribution >= 0.6 is 0 Å². The number of Topliss-reactive ketones (excluding diaryl/α,β-unsaturated/α-hetero) is 2. The van der Waals surface area contributed by atoms with E-state index in [0.717, 1.165) is 12.4 Å². The summed E-state index contributed by atoms with van der Waals surface area (Å²) in [5.41, 5.74) is 0.265. The standard InChI is InChI=1S/C24H18N6O6/c31-23-16-4-2-1-3-15(16)20-17-9-10-27(18-7-5-13(11-25-18)29(33)34)21(24(17)32)22(23)28(20)19-8-6-14(12-26-19)30(35)36/h1-2,4-12,15,17,20-22H,3H2. The lowest BCUT2D eigenvalue weighted by Gasteiger charge is -2.58. The van der Waals surface area contributed by atoms with E-state index in [4.69, 9.17) is 0 Å². The first-order chi connectivity index (χ1) is 17.4. The molecule has 4 bridgehead atoms. The number of carbonyl (C=O) groups is 2. The maximum Gasteiger partial charge on any atom is 0.287 e. The molecule has 2 fully saturated rings. The van der Waals surface area contributed by atoms with E-state index >= 15 is 0 Å². The molecule has 0 N–H and O–H groups in total. The number of aromatic nitrogens is 2. The largest absolute Gasteiger partial charge is 0.339 e. The highest BCUT2D eigenvalue weighted by molar-refractivity contribution is 6.12. The Morgan fingerprint density at radius 2 is 1.58 bits per heavy atom. The van der Waals surface area contributed by atoms with Gasteiger partial charge >= 0.3 is 0 Å². The van der Waals surface area contributed by atoms with Crippen molar-refractivity contribution in [3.05, 3.63) is 93.0 Å². The summed E-state index contributed by atoms with van der Waals surface area (Å²) in [4.78, 5) is 60.7. The lowest BCUT2D eigenvalue weighted by atomic mass is 9.63. The third-order valence-corrected chi connectivity index (χ3v) is 7.24. The van der Waals surface area contributed by atoms with Crippen LogP contribution in [0.3, 0.4) is 0 Å². The summed E-state index contributed by atoms with van der Waals surface area (Å²) in [6.07, 6.45) is 11.9. The Morgan fingerprint density at radius 1 is 0.917 bits per heavy atom. The molecule has 2 aromatic heterocycles. The molecule has 4 aliphatic rings. The van der Waals surface area contributed by atoms with Crippen molar-refractivity contribution in [3.8, 4) is 0 Å². The quantitative estimate of drug-likeness (QED) is 0.465. The van der Waals surface area contributed by atoms with Gasteiger partial charge in [0, 0.05) is 29.8 Å². The zero-order valence-corrected chi connectivity index (χ0v) is 18.6. The molecule has 0 spiro atoms. The molecule has 3 aliphatic heterocycles. The summed E-state index contributed by atoms with van der Waals surface area (Å²) in [5, 5.41) is 22.2. The van der Waals surface area contributed by atoms with Gasteiger partial charge in [-0.15, -0.1) is 0 Å². The Bertz CT molecular complexity index is 1400. The molecule has 2 saturated heterocycles. The Kier molecular flexibility index (Phi) is 4.78. The third kappa shape index (κ3) is 3.07. The molecule has 5 heterocycles. The van der Waals surface area contributed by atoms with Crippen LogP contribution in [0.15, 0.2) is 72.7 Å². The van der Waals surface area contributed by atoms with Crippen LogP contribution in [0.25, 0.3) is 0 Å². The van der Waals surface area contributed by atoms with E-state index < -0.39 is 33.9 Å². The molecule has 12 heteroatoms. The molecule has 0 aromatic carbocycles. The zero-order chi connectivity index (χ0) is 25.1. The number of allylic oxidation sites excluding steroid dienone is 3. The predicted octanol–water partition coefficient (Wildman–Crippen LogP) is 2.52. The average molecular weight is 486 g/mol. The SMILES string of the molecule is O=C1C2C=CN(c3ccc([N+](=O)[O-])cn3)C1C1C(=O)C3=CC=CCC3C2N1c1ccc([N+](=O)[O-])cn1. The maximum atomic E-state index is 13.9. The van der Waals surface area contributed by atoms with Gasteiger partial charge in [0.05, 0.1) is 21.8 Å². The fourth-order valence-electron chi connectivity index (χ4n) is 5.72. The van der Waals surface area contributed by atoms with E-state index in [0.29, 0.717) is 17.8 Å². The van der Waals surface area contributed by atoms with Gasteiger partial charge in [-0.25, -0.2) is 9.97 Å². The van der Waals surface area contributed by atoms with Crippen LogP contribution in [0.4, 0.5) is 23.0 Å². The molecule has 1 aliphatic carbocycles. The number of ketones is 2. The van der Waals surface area contributed by atoms with Crippen LogP contribution in [-0.2, 0) is 9.59 Å². The predicted molar refractivity (Wildman–Crippen MR) is 126 cm³/mol. The first-order valence-electron chi connectivity index (χ1n) is 11.3. The Labute approximate surface area is 203 Å². The molecular weight excluding hydrogens is 468 g/mol. The first kappa shape index (κ1) is 21.8. The van der Waals surface area contributed by atoms with E-state index in [9.17, 15) is 29.8 Å². The molecule has 5 atom stereocenters. The summed E-state index contributed by atoms with van der Waals surface area (Å²) in [6.45, 7) is 0. The summed E-state index contributed by atoms with van der Waals surface area (Å²) in [5.74, 6) is -0.500. The smallest absolute Gasteiger partial charge is 0.287 e. The van der Waals surface area contributed by atoms with Crippen molar-refractivity contribution in [3.63, 3.8) is 0 Å². The van der Waals surface area contributed by atoms with Gasteiger partial charge in [-0.1, -0.05) is 24.3 Å². The monoisotopic (exact) mass is 486 g/mol. The van der Waals surface area contributed by atoms with E-state index in [1.54, 1.807) is 23.3 Å². The minimum atomic E-state index is -0.956. The Balaban J connectivity index is 1.50. The van der Waals surface area contributed by atoms with Crippen molar-refractivity contribution >= 4 is 34.6 Å². The molecule has 0 saturated carbocycles. The second-order valence-corrected chi connectivity index (χ2v) is 8.98. The van der Waals surface area contributed by atoms with Crippen molar-refractivity contribution in [1.29, 1.82) is 0 Å². The fraction of sp³-hybridized carbons (Fsp3) is 0.250. The Morgan fingerprint density at radius 3 is 2.19 bits per heavy atom. The molecule has 12 nitrogen and oxygen atoms in total. The number of hydrogen-bond donors (Lipinski definition) is 0. The van der Waals surface area contributed by atoms with Gasteiger partial charge in [-0.3, -0.25) is 29.8 Å². The fourth-order valence-corrected chi connectivity index (χ4v) is 5.72. The minimum Gasteiger partial charge on any atom is -0.339 e. The van der Waals surface area contributed by atoms with E-state index in [1.807, 2.05) is 17.1 Å². The number of hydrogen-bond acceptors (Lipinski definition) is 10. The van der Waals surface area contributed by atoms with Gasteiger partial charge < -0.3 is 9.80 Å². The third-order valence-electron chi connectivity index (χ3n) is 7.24. The highest BCUT2D eigenvalue weighted by Crippen LogP contribution is 2.48. The Hall–Kier alpha value is -4.74. The van der Waals surface area contributed by atoms with Crippen LogP contribution in [0, 0.1) is 32.1 Å². The van der Waals surface area contributed by atoms with Crippen molar-refractivity contribution in [2.45, 2.75) is 24.5 Å². The number of nitro groups is 2. The van der Waals surface area contributed by atoms with Gasteiger partial charge in [-0.2, -0.15) is 0 Å². The molecule has 6 rings (SSSR count). The molecule has 5 unspecified atom stereocenters. The van der Waals surface area contributed by atoms with Crippen molar-refractivity contribution in [2.24, 2.45) is 11.8 Å². The summed E-state index contributed by atoms with van der Waals surface area (Å²) < 4.78 is 0. The highest BCUT2D eigenvalue weighted by atomic mass is 16.6. The molecule has 2 aromatic rings. The summed E-state index contributed by atoms with van der Waals surface area (Å²) >= 11 is 0. The maximum absolute atomic E-state index is 13.9. The number of anilines is 2. The van der Waals surface area contributed by atoms with Crippen LogP contribution in [0.1, 0.15) is 6.42 Å². The van der Waals surface area contributed by atoms with E-state index in [2.05, 4.69) is 9.97 Å². The second-order valence-electron chi connectivity index (χ2n) is 8.98. The summed E-state index contributed by atoms with van der Waals surface area (Å²) in [6, 6.07) is 3.26. The lowest BCUT2D eigenvalue weighted by molar-refractivity contribution is -0.385. The molecule has 0 amide bonds. The van der Waals surface area contributed by atoms with Crippen LogP contribution in [0.2, 0.25) is 0 Å². The van der Waals surface area contributed by atoms with Crippen molar-refractivity contribution in [2.75, 3.05) is 9.80 Å². The zero-order valence-electron chi connectivity index (χ0n) is 18.6. The number of carbonyl (C=O) groups excluding carboxylic acids is 2. The topological polar surface area (TPSA) is 153 Å². The van der Waals surface area contributed by atoms with Gasteiger partial charge in [0.2, 0.25) is 0 Å². The summed E-state index contributed by atoms with van der Waals surface area (Å²) in [7, 11) is 0. The van der Waals surface area contributed by atoms with Gasteiger partial charge in [0.1, 0.15) is 36.1 Å². The number of nitrogens with zero attached hydrogens (tertiary/aromatic N) is 6. The van der Waals surface area contributed by atoms with Crippen LogP contribution in [-0.4, -0.2) is 49.5 Å². The van der Waals surface area contributed by atoms with Crippen molar-refractivity contribution < 1.29 is 19.4 Å². The molecular formula is C24H18N6O6. The van der Waals surface area contributed by atoms with Gasteiger partial charge in [0.25, 0.3) is 11.4 Å². The van der Waals surface area contributed by atoms with Crippen LogP contribution in [0.5, 0.6) is 0 Å². The van der Waals surface area contributed by atoms with Crippen LogP contribution < -0.4 is 9.80 Å². The first-order valence-corrected chi connectivity index (χ1v) is 11.3. The molecule has 180 valence electrons. The number of rotatable bonds is 4. The van der Waals surface area contributed by atoms with Gasteiger partial charge in [-0.05, 0) is 18.6 Å². The van der Waals surface area contributed by atoms with Crippen molar-refractivity contribution in [1.82, 2.24) is 9.97 Å². The van der Waals surface area contributed by atoms with Gasteiger partial charge in [0.15, 0.2) is 11.6 Å². The number of pyridine rings is 2. The highest BCUT2D eigenvalue weighted by Gasteiger charge is 2.61. The minimum absolute atomic E-state index is 0.146. The second kappa shape index (κ2) is 7.90. The molecule has 0 radical (unpaired) electrons.